The van der Waals surface area contributed by atoms with E-state index in [0.717, 1.165) is 5.56 Å². The summed E-state index contributed by atoms with van der Waals surface area (Å²) in [6.07, 6.45) is 2.84. The van der Waals surface area contributed by atoms with Gasteiger partial charge in [0, 0.05) is 6.54 Å². The first-order valence-corrected chi connectivity index (χ1v) is 10.1. The Kier molecular flexibility index (Phi) is 8.31. The minimum atomic E-state index is -1.89. The van der Waals surface area contributed by atoms with Crippen molar-refractivity contribution in [1.82, 2.24) is 4.90 Å². The van der Waals surface area contributed by atoms with Crippen molar-refractivity contribution in [3.8, 4) is 0 Å². The normalized spacial score (nSPS) is 21.6. The number of ketones is 1. The zero-order chi connectivity index (χ0) is 21.4. The molecule has 0 radical (unpaired) electrons. The molecule has 1 saturated heterocycles. The molecule has 160 valence electrons. The lowest BCUT2D eigenvalue weighted by atomic mass is 9.84. The average molecular weight is 405 g/mol. The second-order valence-corrected chi connectivity index (χ2v) is 7.60. The van der Waals surface area contributed by atoms with Crippen molar-refractivity contribution >= 4 is 17.7 Å². The number of Topliss-reactive ketones (excluding diaryl/α,β-unsaturated/α-hetero) is 1. The quantitative estimate of drug-likeness (QED) is 0.298. The van der Waals surface area contributed by atoms with Crippen LogP contribution < -0.4 is 11.5 Å². The summed E-state index contributed by atoms with van der Waals surface area (Å²) in [4.78, 5) is 38.8. The van der Waals surface area contributed by atoms with Crippen LogP contribution in [0.15, 0.2) is 30.3 Å². The van der Waals surface area contributed by atoms with Gasteiger partial charge in [0.05, 0.1) is 6.04 Å². The summed E-state index contributed by atoms with van der Waals surface area (Å²) in [6, 6.07) is 7.37. The zero-order valence-electron chi connectivity index (χ0n) is 16.6. The van der Waals surface area contributed by atoms with Crippen LogP contribution in [0.5, 0.6) is 0 Å². The number of carboxylic acid groups (broad SMARTS) is 2. The number of nitrogens with zero attached hydrogens (tertiary/aromatic N) is 1. The van der Waals surface area contributed by atoms with Crippen molar-refractivity contribution in [2.45, 2.75) is 62.6 Å². The van der Waals surface area contributed by atoms with Gasteiger partial charge in [-0.05, 0) is 50.6 Å². The van der Waals surface area contributed by atoms with Crippen molar-refractivity contribution in [1.29, 1.82) is 0 Å². The van der Waals surface area contributed by atoms with E-state index in [1.54, 1.807) is 0 Å². The molecule has 0 unspecified atom stereocenters. The Morgan fingerprint density at radius 1 is 1.10 bits per heavy atom. The van der Waals surface area contributed by atoms with Crippen LogP contribution in [-0.4, -0.2) is 63.5 Å². The fourth-order valence-corrected chi connectivity index (χ4v) is 4.17. The van der Waals surface area contributed by atoms with E-state index in [0.29, 0.717) is 38.6 Å². The van der Waals surface area contributed by atoms with Crippen LogP contribution in [0, 0.1) is 0 Å². The van der Waals surface area contributed by atoms with Gasteiger partial charge in [0.25, 0.3) is 0 Å². The number of nitrogens with two attached hydrogens (primary N) is 2. The fraction of sp³-hybridized carbons (Fsp3) is 0.571. The number of carboxylic acids is 2. The van der Waals surface area contributed by atoms with Crippen molar-refractivity contribution in [2.24, 2.45) is 11.5 Å². The Morgan fingerprint density at radius 2 is 1.79 bits per heavy atom. The summed E-state index contributed by atoms with van der Waals surface area (Å²) in [7, 11) is 0. The van der Waals surface area contributed by atoms with Gasteiger partial charge < -0.3 is 21.7 Å². The maximum absolute atomic E-state index is 13.1. The van der Waals surface area contributed by atoms with Crippen LogP contribution in [0.25, 0.3) is 0 Å². The molecule has 2 rings (SSSR count). The number of unbranched alkanes of at least 4 members (excludes halogenated alkanes) is 1. The highest BCUT2D eigenvalue weighted by Gasteiger charge is 2.57. The monoisotopic (exact) mass is 405 g/mol. The molecular formula is C21H31N3O5. The molecule has 0 aliphatic carbocycles. The van der Waals surface area contributed by atoms with E-state index in [4.69, 9.17) is 11.5 Å². The molecule has 0 saturated carbocycles. The van der Waals surface area contributed by atoms with Crippen LogP contribution in [0.3, 0.4) is 0 Å². The van der Waals surface area contributed by atoms with Gasteiger partial charge >= 0.3 is 11.9 Å². The fourth-order valence-electron chi connectivity index (χ4n) is 4.17. The van der Waals surface area contributed by atoms with Crippen LogP contribution in [0.4, 0.5) is 0 Å². The Hall–Kier alpha value is -2.29. The zero-order valence-corrected chi connectivity index (χ0v) is 16.6. The van der Waals surface area contributed by atoms with E-state index in [1.807, 2.05) is 30.3 Å². The molecule has 6 N–H and O–H groups in total. The molecule has 0 amide bonds. The van der Waals surface area contributed by atoms with Gasteiger partial charge in [-0.2, -0.15) is 0 Å². The average Bonchev–Trinajstić information content (AvgIpc) is 3.14. The third-order valence-electron chi connectivity index (χ3n) is 5.71. The summed E-state index contributed by atoms with van der Waals surface area (Å²) < 4.78 is 0. The second kappa shape index (κ2) is 10.5. The maximum atomic E-state index is 13.1. The summed E-state index contributed by atoms with van der Waals surface area (Å²) in [5.41, 5.74) is 10.6. The lowest BCUT2D eigenvalue weighted by Crippen LogP contribution is -2.64. The van der Waals surface area contributed by atoms with Crippen molar-refractivity contribution in [3.63, 3.8) is 0 Å². The Labute approximate surface area is 170 Å². The first-order valence-electron chi connectivity index (χ1n) is 10.1. The molecule has 0 spiro atoms. The van der Waals surface area contributed by atoms with Gasteiger partial charge in [0.2, 0.25) is 0 Å². The molecule has 0 aromatic heterocycles. The molecule has 8 heteroatoms. The number of hydrogen-bond acceptors (Lipinski definition) is 6. The highest BCUT2D eigenvalue weighted by atomic mass is 16.4. The lowest BCUT2D eigenvalue weighted by molar-refractivity contribution is -0.161. The first-order chi connectivity index (χ1) is 13.8. The predicted molar refractivity (Wildman–Crippen MR) is 108 cm³/mol. The Bertz CT molecular complexity index is 712. The van der Waals surface area contributed by atoms with Gasteiger partial charge in [0.1, 0.15) is 6.04 Å². The number of carbonyl (C=O) groups is 3. The van der Waals surface area contributed by atoms with E-state index < -0.39 is 35.3 Å². The minimum Gasteiger partial charge on any atom is -0.480 e. The predicted octanol–water partition coefficient (Wildman–Crippen LogP) is 1.02. The molecule has 1 aromatic carbocycles. The summed E-state index contributed by atoms with van der Waals surface area (Å²) in [6.45, 7) is 0.705. The molecule has 1 heterocycles. The molecule has 0 bridgehead atoms. The van der Waals surface area contributed by atoms with Gasteiger partial charge in [-0.25, -0.2) is 4.79 Å². The molecule has 8 nitrogen and oxygen atoms in total. The van der Waals surface area contributed by atoms with Gasteiger partial charge in [0.15, 0.2) is 11.3 Å². The van der Waals surface area contributed by atoms with Crippen LogP contribution in [0.2, 0.25) is 0 Å². The van der Waals surface area contributed by atoms with Crippen molar-refractivity contribution in [3.05, 3.63) is 35.9 Å². The molecule has 1 aliphatic heterocycles. The standard InChI is InChI=1S/C21H31N3O5/c22-13-5-4-9-16(23)18(25)21(20(28)29)12-6-14-24(21)17(19(26)27)11-10-15-7-2-1-3-8-15/h1-3,7-8,16-17H,4-6,9-14,22-23H2,(H,26,27)(H,28,29)/t16-,17-,21+/m0/s1. The largest absolute Gasteiger partial charge is 0.480 e. The number of rotatable bonds is 12. The number of benzene rings is 1. The molecule has 1 aliphatic rings. The van der Waals surface area contributed by atoms with E-state index in [9.17, 15) is 24.6 Å². The van der Waals surface area contributed by atoms with Gasteiger partial charge in [-0.15, -0.1) is 0 Å². The van der Waals surface area contributed by atoms with E-state index in [2.05, 4.69) is 0 Å². The van der Waals surface area contributed by atoms with Crippen LogP contribution >= 0.6 is 0 Å². The topological polar surface area (TPSA) is 147 Å². The van der Waals surface area contributed by atoms with E-state index in [1.165, 1.54) is 4.90 Å². The second-order valence-electron chi connectivity index (χ2n) is 7.60. The van der Waals surface area contributed by atoms with Gasteiger partial charge in [-0.1, -0.05) is 36.8 Å². The number of aryl methyl sites for hydroxylation is 1. The molecule has 1 fully saturated rings. The highest BCUT2D eigenvalue weighted by Crippen LogP contribution is 2.35. The van der Waals surface area contributed by atoms with Crippen LogP contribution in [-0.2, 0) is 20.8 Å². The minimum absolute atomic E-state index is 0.0703. The van der Waals surface area contributed by atoms with Gasteiger partial charge in [-0.3, -0.25) is 14.5 Å². The van der Waals surface area contributed by atoms with Crippen molar-refractivity contribution in [2.75, 3.05) is 13.1 Å². The first kappa shape index (κ1) is 23.0. The maximum Gasteiger partial charge on any atom is 0.332 e. The number of hydrogen-bond donors (Lipinski definition) is 4. The molecule has 29 heavy (non-hydrogen) atoms. The van der Waals surface area contributed by atoms with Crippen molar-refractivity contribution < 1.29 is 24.6 Å². The smallest absolute Gasteiger partial charge is 0.332 e. The van der Waals surface area contributed by atoms with E-state index >= 15 is 0 Å². The third-order valence-corrected chi connectivity index (χ3v) is 5.71. The lowest BCUT2D eigenvalue weighted by Gasteiger charge is -2.38. The number of carbonyl (C=O) groups excluding carboxylic acids is 1. The Morgan fingerprint density at radius 3 is 2.38 bits per heavy atom. The third kappa shape index (κ3) is 5.20. The SMILES string of the molecule is NCCCC[C@H](N)C(=O)[C@@]1(C(=O)O)CCCN1[C@@H](CCc1ccccc1)C(=O)O. The highest BCUT2D eigenvalue weighted by molar-refractivity contribution is 6.10. The van der Waals surface area contributed by atoms with E-state index in [-0.39, 0.29) is 19.4 Å². The summed E-state index contributed by atoms with van der Waals surface area (Å²) in [5, 5.41) is 19.8. The van der Waals surface area contributed by atoms with Crippen LogP contribution in [0.1, 0.15) is 44.1 Å². The number of aliphatic carboxylic acids is 2. The Balaban J connectivity index is 2.24. The number of likely N-dealkylation sites (tertiary alicyclic amines) is 1. The molecular weight excluding hydrogens is 374 g/mol. The molecule has 1 aromatic rings. The molecule has 3 atom stereocenters. The summed E-state index contributed by atoms with van der Waals surface area (Å²) >= 11 is 0. The summed E-state index contributed by atoms with van der Waals surface area (Å²) in [5.74, 6) is -3.05.